The van der Waals surface area contributed by atoms with E-state index in [2.05, 4.69) is 15.6 Å². The number of carbonyl (C=O) groups is 3. The molecule has 0 saturated carbocycles. The zero-order valence-corrected chi connectivity index (χ0v) is 18.3. The molecule has 0 fully saturated rings. The minimum absolute atomic E-state index is 0.266. The maximum atomic E-state index is 12.8. The summed E-state index contributed by atoms with van der Waals surface area (Å²) in [5.41, 5.74) is 1.18. The quantitative estimate of drug-likeness (QED) is 0.576. The van der Waals surface area contributed by atoms with Gasteiger partial charge in [-0.2, -0.15) is 0 Å². The molecule has 0 aliphatic rings. The van der Waals surface area contributed by atoms with Gasteiger partial charge in [0.2, 0.25) is 5.91 Å². The first-order valence-corrected chi connectivity index (χ1v) is 10.2. The lowest BCUT2D eigenvalue weighted by Crippen LogP contribution is -2.45. The Hall–Kier alpha value is -3.94. The van der Waals surface area contributed by atoms with Crippen molar-refractivity contribution < 1.29 is 19.1 Å². The van der Waals surface area contributed by atoms with Crippen molar-refractivity contribution in [2.75, 3.05) is 23.3 Å². The Kier molecular flexibility index (Phi) is 7.04. The topological polar surface area (TPSA) is 101 Å². The van der Waals surface area contributed by atoms with Gasteiger partial charge >= 0.3 is 12.0 Å². The maximum Gasteiger partial charge on any atom is 0.326 e. The molecule has 0 bridgehead atoms. The van der Waals surface area contributed by atoms with Gasteiger partial charge in [-0.1, -0.05) is 36.4 Å². The highest BCUT2D eigenvalue weighted by atomic mass is 16.6. The molecule has 0 unspecified atom stereocenters. The minimum atomic E-state index is -0.672. The fourth-order valence-electron chi connectivity index (χ4n) is 3.00. The van der Waals surface area contributed by atoms with Crippen LogP contribution in [0.2, 0.25) is 0 Å². The molecular formula is C24H26N4O4. The summed E-state index contributed by atoms with van der Waals surface area (Å²) >= 11 is 0. The Bertz CT molecular complexity index is 1110. The molecule has 0 radical (unpaired) electrons. The van der Waals surface area contributed by atoms with E-state index < -0.39 is 23.5 Å². The van der Waals surface area contributed by atoms with Crippen LogP contribution in [0.5, 0.6) is 0 Å². The largest absolute Gasteiger partial charge is 0.459 e. The van der Waals surface area contributed by atoms with Crippen LogP contribution in [0.15, 0.2) is 66.9 Å². The summed E-state index contributed by atoms with van der Waals surface area (Å²) in [5, 5.41) is 6.08. The number of hydrogen-bond acceptors (Lipinski definition) is 5. The van der Waals surface area contributed by atoms with Gasteiger partial charge < -0.3 is 15.4 Å². The van der Waals surface area contributed by atoms with E-state index in [0.29, 0.717) is 11.4 Å². The van der Waals surface area contributed by atoms with Crippen LogP contribution in [0.4, 0.5) is 16.2 Å². The number of nitrogens with one attached hydrogen (secondary N) is 2. The molecule has 2 aromatic carbocycles. The molecule has 8 nitrogen and oxygen atoms in total. The lowest BCUT2D eigenvalue weighted by atomic mass is 10.2. The molecule has 8 heteroatoms. The van der Waals surface area contributed by atoms with Gasteiger partial charge in [-0.05, 0) is 45.0 Å². The average molecular weight is 434 g/mol. The zero-order valence-electron chi connectivity index (χ0n) is 18.3. The lowest BCUT2D eigenvalue weighted by molar-refractivity contribution is -0.153. The van der Waals surface area contributed by atoms with Crippen LogP contribution in [0.1, 0.15) is 20.8 Å². The summed E-state index contributed by atoms with van der Waals surface area (Å²) in [6, 6.07) is 17.5. The van der Waals surface area contributed by atoms with Crippen molar-refractivity contribution in [1.82, 2.24) is 10.3 Å². The molecule has 3 amide bonds. The Morgan fingerprint density at radius 2 is 1.69 bits per heavy atom. The van der Waals surface area contributed by atoms with Gasteiger partial charge in [0.1, 0.15) is 12.1 Å². The monoisotopic (exact) mass is 434 g/mol. The second-order valence-corrected chi connectivity index (χ2v) is 8.13. The van der Waals surface area contributed by atoms with Crippen molar-refractivity contribution in [3.8, 4) is 0 Å². The zero-order chi connectivity index (χ0) is 23.1. The summed E-state index contributed by atoms with van der Waals surface area (Å²) in [6.45, 7) is 4.70. The number of fused-ring (bicyclic) bond motifs is 1. The highest BCUT2D eigenvalue weighted by Crippen LogP contribution is 2.17. The van der Waals surface area contributed by atoms with Crippen molar-refractivity contribution in [2.24, 2.45) is 0 Å². The number of hydrogen-bond donors (Lipinski definition) is 2. The normalized spacial score (nSPS) is 11.0. The molecule has 0 spiro atoms. The predicted molar refractivity (Wildman–Crippen MR) is 123 cm³/mol. The third-order valence-corrected chi connectivity index (χ3v) is 4.32. The smallest absolute Gasteiger partial charge is 0.326 e. The van der Waals surface area contributed by atoms with Gasteiger partial charge in [0, 0.05) is 11.1 Å². The Labute approximate surface area is 186 Å². The molecular weight excluding hydrogens is 408 g/mol. The molecule has 32 heavy (non-hydrogen) atoms. The number of amides is 3. The van der Waals surface area contributed by atoms with Gasteiger partial charge in [-0.3, -0.25) is 19.5 Å². The first-order chi connectivity index (χ1) is 15.2. The second kappa shape index (κ2) is 9.91. The highest BCUT2D eigenvalue weighted by molar-refractivity contribution is 6.01. The van der Waals surface area contributed by atoms with E-state index in [-0.39, 0.29) is 13.1 Å². The predicted octanol–water partition coefficient (Wildman–Crippen LogP) is 3.73. The first-order valence-electron chi connectivity index (χ1n) is 10.2. The summed E-state index contributed by atoms with van der Waals surface area (Å²) in [5.74, 6) is -0.991. The van der Waals surface area contributed by atoms with Crippen LogP contribution < -0.4 is 15.5 Å². The van der Waals surface area contributed by atoms with Crippen molar-refractivity contribution in [2.45, 2.75) is 26.4 Å². The molecule has 1 aromatic heterocycles. The SMILES string of the molecule is CC(C)(C)OC(=O)CN(C(=O)CNC(=O)Nc1cnc2ccccc2c1)c1ccccc1. The van der Waals surface area contributed by atoms with E-state index in [1.807, 2.05) is 30.3 Å². The van der Waals surface area contributed by atoms with Crippen LogP contribution in [0, 0.1) is 0 Å². The van der Waals surface area contributed by atoms with E-state index in [1.54, 1.807) is 57.3 Å². The molecule has 3 aromatic rings. The summed E-state index contributed by atoms with van der Waals surface area (Å²) in [7, 11) is 0. The van der Waals surface area contributed by atoms with E-state index >= 15 is 0 Å². The van der Waals surface area contributed by atoms with Crippen molar-refractivity contribution >= 4 is 40.2 Å². The van der Waals surface area contributed by atoms with Gasteiger partial charge in [-0.25, -0.2) is 4.79 Å². The van der Waals surface area contributed by atoms with Crippen LogP contribution in [-0.2, 0) is 14.3 Å². The number of carbonyl (C=O) groups excluding carboxylic acids is 3. The van der Waals surface area contributed by atoms with Gasteiger partial charge in [0.25, 0.3) is 0 Å². The fraction of sp³-hybridized carbons (Fsp3) is 0.250. The molecule has 0 saturated heterocycles. The summed E-state index contributed by atoms with van der Waals surface area (Å²) in [4.78, 5) is 43.0. The van der Waals surface area contributed by atoms with Gasteiger partial charge in [0.05, 0.1) is 23.9 Å². The highest BCUT2D eigenvalue weighted by Gasteiger charge is 2.23. The van der Waals surface area contributed by atoms with E-state index in [1.165, 1.54) is 4.90 Å². The van der Waals surface area contributed by atoms with Crippen LogP contribution in [0.3, 0.4) is 0 Å². The number of rotatable bonds is 6. The third-order valence-electron chi connectivity index (χ3n) is 4.32. The van der Waals surface area contributed by atoms with Crippen molar-refractivity contribution in [3.05, 3.63) is 66.9 Å². The Balaban J connectivity index is 1.63. The van der Waals surface area contributed by atoms with Gasteiger partial charge in [0.15, 0.2) is 0 Å². The number of anilines is 2. The summed E-state index contributed by atoms with van der Waals surface area (Å²) in [6.07, 6.45) is 1.54. The van der Waals surface area contributed by atoms with Crippen LogP contribution in [-0.4, -0.2) is 41.6 Å². The molecule has 0 aliphatic carbocycles. The third kappa shape index (κ3) is 6.53. The molecule has 0 aliphatic heterocycles. The minimum Gasteiger partial charge on any atom is -0.459 e. The van der Waals surface area contributed by atoms with E-state index in [4.69, 9.17) is 4.74 Å². The number of pyridine rings is 1. The maximum absolute atomic E-state index is 12.8. The fourth-order valence-corrected chi connectivity index (χ4v) is 3.00. The van der Waals surface area contributed by atoms with Crippen molar-refractivity contribution in [3.63, 3.8) is 0 Å². The Morgan fingerprint density at radius 3 is 2.41 bits per heavy atom. The van der Waals surface area contributed by atoms with Crippen molar-refractivity contribution in [1.29, 1.82) is 0 Å². The number of para-hydroxylation sites is 2. The first kappa shape index (κ1) is 22.7. The number of urea groups is 1. The number of ether oxygens (including phenoxy) is 1. The Morgan fingerprint density at radius 1 is 1.00 bits per heavy atom. The molecule has 166 valence electrons. The second-order valence-electron chi connectivity index (χ2n) is 8.13. The number of aromatic nitrogens is 1. The van der Waals surface area contributed by atoms with Crippen LogP contribution >= 0.6 is 0 Å². The van der Waals surface area contributed by atoms with E-state index in [9.17, 15) is 14.4 Å². The lowest BCUT2D eigenvalue weighted by Gasteiger charge is -2.25. The molecule has 3 rings (SSSR count). The number of benzene rings is 2. The molecule has 2 N–H and O–H groups in total. The molecule has 1 heterocycles. The van der Waals surface area contributed by atoms with E-state index in [0.717, 1.165) is 10.9 Å². The standard InChI is InChI=1S/C24H26N4O4/c1-24(2,3)32-22(30)16-28(19-10-5-4-6-11-19)21(29)15-26-23(31)27-18-13-17-9-7-8-12-20(17)25-14-18/h4-14H,15-16H2,1-3H3,(H2,26,27,31). The number of nitrogens with zero attached hydrogens (tertiary/aromatic N) is 2. The number of esters is 1. The summed E-state index contributed by atoms with van der Waals surface area (Å²) < 4.78 is 5.34. The van der Waals surface area contributed by atoms with Crippen LogP contribution in [0.25, 0.3) is 10.9 Å². The molecule has 0 atom stereocenters. The average Bonchev–Trinajstić information content (AvgIpc) is 2.75. The van der Waals surface area contributed by atoms with Gasteiger partial charge in [-0.15, -0.1) is 0 Å².